The van der Waals surface area contributed by atoms with Gasteiger partial charge in [-0.05, 0) is 0 Å². The van der Waals surface area contributed by atoms with E-state index in [1.807, 2.05) is 0 Å². The summed E-state index contributed by atoms with van der Waals surface area (Å²) in [4.78, 5) is 0. The van der Waals surface area contributed by atoms with Crippen LogP contribution < -0.4 is 51.4 Å². The minimum absolute atomic E-state index is 0. The number of rotatable bonds is 0. The van der Waals surface area contributed by atoms with Gasteiger partial charge in [-0.2, -0.15) is 0 Å². The summed E-state index contributed by atoms with van der Waals surface area (Å²) < 4.78 is 34.1. The molecule has 0 saturated heterocycles. The maximum absolute atomic E-state index is 8.52. The first-order valence-corrected chi connectivity index (χ1v) is 2.00. The summed E-state index contributed by atoms with van der Waals surface area (Å²) in [7, 11) is -5.17. The summed E-state index contributed by atoms with van der Waals surface area (Å²) in [5, 5.41) is 0. The predicted molar refractivity (Wildman–Crippen MR) is 10.5 cm³/mol. The van der Waals surface area contributed by atoms with Crippen LogP contribution in [0.5, 0.6) is 0 Å². The first-order chi connectivity index (χ1) is 2.00. The Balaban J connectivity index is -0.0000000267. The Morgan fingerprint density at radius 2 is 1.12 bits per heavy atom. The third-order valence-electron chi connectivity index (χ3n) is 0. The summed E-state index contributed by atoms with van der Waals surface area (Å²) in [6, 6.07) is 0. The van der Waals surface area contributed by atoms with Gasteiger partial charge in [0.15, 0.2) is 0 Å². The molecule has 0 spiro atoms. The Bertz CT molecular complexity index is 97.2. The van der Waals surface area contributed by atoms with Crippen molar-refractivity contribution in [2.24, 2.45) is 0 Å². The second-order valence-corrected chi connectivity index (χ2v) is 1.22. The fourth-order valence-corrected chi connectivity index (χ4v) is 0. The minimum atomic E-state index is -5.17. The average molecular weight is 529 g/mol. The molecule has 0 fully saturated rings. The zero-order valence-electron chi connectivity index (χ0n) is 3.64. The molecular formula is Au2KO4S+3. The molecule has 0 aliphatic heterocycles. The number of hydrogen-bond donors (Lipinski definition) is 0. The third kappa shape index (κ3) is 64.3. The Kier molecular flexibility index (Phi) is 28.0. The molecule has 0 N–H and O–H groups in total. The van der Waals surface area contributed by atoms with E-state index < -0.39 is 10.4 Å². The molecule has 0 saturated carbocycles. The van der Waals surface area contributed by atoms with Crippen molar-refractivity contribution < 1.29 is 114 Å². The fraction of sp³-hybridized carbons (Fsp3) is 0. The molecule has 8 heteroatoms. The molecule has 0 heterocycles. The van der Waals surface area contributed by atoms with Gasteiger partial charge in [0, 0.05) is 10.4 Å². The van der Waals surface area contributed by atoms with Crippen molar-refractivity contribution in [2.45, 2.75) is 0 Å². The summed E-state index contributed by atoms with van der Waals surface area (Å²) in [6.07, 6.45) is 0. The van der Waals surface area contributed by atoms with Gasteiger partial charge in [-0.15, -0.1) is 0 Å². The van der Waals surface area contributed by atoms with Crippen LogP contribution in [0.25, 0.3) is 0 Å². The zero-order valence-corrected chi connectivity index (χ0v) is 11.9. The third-order valence-corrected chi connectivity index (χ3v) is 0. The molecule has 50 valence electrons. The van der Waals surface area contributed by atoms with Gasteiger partial charge >= 0.3 is 96.1 Å². The van der Waals surface area contributed by atoms with Crippen molar-refractivity contribution in [3.63, 3.8) is 0 Å². The van der Waals surface area contributed by atoms with Crippen molar-refractivity contribution in [2.75, 3.05) is 0 Å². The first kappa shape index (κ1) is 22.4. The van der Waals surface area contributed by atoms with E-state index in [1.165, 1.54) is 0 Å². The molecule has 0 radical (unpaired) electrons. The second kappa shape index (κ2) is 9.99. The topological polar surface area (TPSA) is 80.3 Å². The fourth-order valence-electron chi connectivity index (χ4n) is 0. The van der Waals surface area contributed by atoms with Gasteiger partial charge < -0.3 is 9.11 Å². The quantitative estimate of drug-likeness (QED) is 0.181. The minimum Gasteiger partial charge on any atom is -0.759 e. The summed E-state index contributed by atoms with van der Waals surface area (Å²) in [6.45, 7) is 0. The van der Waals surface area contributed by atoms with Gasteiger partial charge in [0.25, 0.3) is 0 Å². The smallest absolute Gasteiger partial charge is 0.759 e. The number of hydrogen-bond acceptors (Lipinski definition) is 4. The van der Waals surface area contributed by atoms with Gasteiger partial charge in [-0.25, -0.2) is 0 Å². The van der Waals surface area contributed by atoms with Gasteiger partial charge in [0.05, 0.1) is 0 Å². The molecule has 0 aromatic carbocycles. The standard InChI is InChI=1S/2Au.K.H2O4S/c;;;1-5(2,3)4/h;;;(H2,1,2,3,4)/q+1;+3;+1;/p-2. The normalized spacial score (nSPS) is 7.25. The molecule has 0 rings (SSSR count). The predicted octanol–water partition coefficient (Wildman–Crippen LogP) is -4.34. The van der Waals surface area contributed by atoms with E-state index in [1.54, 1.807) is 0 Å². The van der Waals surface area contributed by atoms with Crippen LogP contribution in [0.1, 0.15) is 0 Å². The van der Waals surface area contributed by atoms with E-state index >= 15 is 0 Å². The summed E-state index contributed by atoms with van der Waals surface area (Å²) in [5.74, 6) is 0. The van der Waals surface area contributed by atoms with Crippen LogP contribution >= 0.6 is 0 Å². The van der Waals surface area contributed by atoms with E-state index in [0.717, 1.165) is 0 Å². The molecule has 0 aromatic rings. The molecule has 0 atom stereocenters. The maximum Gasteiger partial charge on any atom is 3.00 e. The van der Waals surface area contributed by atoms with Crippen molar-refractivity contribution in [3.05, 3.63) is 0 Å². The van der Waals surface area contributed by atoms with Gasteiger partial charge in [-0.3, -0.25) is 8.42 Å². The monoisotopic (exact) mass is 529 g/mol. The first-order valence-electron chi connectivity index (χ1n) is 0.667. The molecule has 0 aliphatic rings. The Labute approximate surface area is 121 Å². The molecule has 8 heavy (non-hydrogen) atoms. The molecule has 0 bridgehead atoms. The van der Waals surface area contributed by atoms with Crippen LogP contribution in [0.4, 0.5) is 0 Å². The van der Waals surface area contributed by atoms with E-state index in [2.05, 4.69) is 0 Å². The summed E-state index contributed by atoms with van der Waals surface area (Å²) >= 11 is 0. The molecule has 0 amide bonds. The van der Waals surface area contributed by atoms with Crippen LogP contribution in [0.15, 0.2) is 0 Å². The van der Waals surface area contributed by atoms with Gasteiger partial charge in [-0.1, -0.05) is 0 Å². The largest absolute Gasteiger partial charge is 3.00 e. The van der Waals surface area contributed by atoms with Crippen LogP contribution in [-0.2, 0) is 55.2 Å². The molecule has 0 unspecified atom stereocenters. The van der Waals surface area contributed by atoms with Gasteiger partial charge in [0.2, 0.25) is 0 Å². The molecule has 4 nitrogen and oxygen atoms in total. The van der Waals surface area contributed by atoms with Crippen molar-refractivity contribution in [1.29, 1.82) is 0 Å². The Hall–Kier alpha value is 2.99. The van der Waals surface area contributed by atoms with Crippen molar-refractivity contribution >= 4 is 10.4 Å². The van der Waals surface area contributed by atoms with E-state index in [9.17, 15) is 0 Å². The van der Waals surface area contributed by atoms with Crippen LogP contribution in [0.2, 0.25) is 0 Å². The maximum atomic E-state index is 8.52. The van der Waals surface area contributed by atoms with Crippen LogP contribution in [-0.4, -0.2) is 17.5 Å². The SMILES string of the molecule is O=S(=O)([O-])[O-].[Au+3].[Au+].[K+]. The molecule has 0 aliphatic carbocycles. The van der Waals surface area contributed by atoms with Crippen LogP contribution in [0.3, 0.4) is 0 Å². The van der Waals surface area contributed by atoms with Gasteiger partial charge in [0.1, 0.15) is 0 Å². The second-order valence-electron chi connectivity index (χ2n) is 0.408. The van der Waals surface area contributed by atoms with Crippen molar-refractivity contribution in [3.8, 4) is 0 Å². The molecular weight excluding hydrogens is 529 g/mol. The Morgan fingerprint density at radius 1 is 1.12 bits per heavy atom. The van der Waals surface area contributed by atoms with E-state index in [0.29, 0.717) is 0 Å². The molecule has 0 aromatic heterocycles. The van der Waals surface area contributed by atoms with E-state index in [4.69, 9.17) is 17.5 Å². The Morgan fingerprint density at radius 3 is 1.12 bits per heavy atom. The summed E-state index contributed by atoms with van der Waals surface area (Å²) in [5.41, 5.74) is 0. The van der Waals surface area contributed by atoms with Crippen molar-refractivity contribution in [1.82, 2.24) is 0 Å². The zero-order chi connectivity index (χ0) is 4.50. The average Bonchev–Trinajstić information content (AvgIpc) is 0.722. The van der Waals surface area contributed by atoms with Crippen LogP contribution in [0, 0.1) is 0 Å². The van der Waals surface area contributed by atoms with E-state index in [-0.39, 0.29) is 96.1 Å².